The van der Waals surface area contributed by atoms with Crippen LogP contribution in [0, 0.1) is 0 Å². The lowest BCUT2D eigenvalue weighted by Gasteiger charge is -2.35. The normalized spacial score (nSPS) is 21.8. The van der Waals surface area contributed by atoms with Gasteiger partial charge in [0.05, 0.1) is 18.8 Å². The minimum absolute atomic E-state index is 0.461. The number of hydrogen-bond donors (Lipinski definition) is 0. The first-order valence-electron chi connectivity index (χ1n) is 9.76. The molecule has 26 heavy (non-hydrogen) atoms. The second kappa shape index (κ2) is 8.19. The Balaban J connectivity index is 1.51. The fourth-order valence-corrected chi connectivity index (χ4v) is 4.33. The number of likely N-dealkylation sites (tertiary alicyclic amines) is 1. The molecule has 0 spiro atoms. The topological polar surface area (TPSA) is 34.6 Å². The van der Waals surface area contributed by atoms with Gasteiger partial charge in [-0.25, -0.2) is 0 Å². The predicted molar refractivity (Wildman–Crippen MR) is 103 cm³/mol. The molecule has 0 saturated carbocycles. The first-order chi connectivity index (χ1) is 12.8. The Kier molecular flexibility index (Phi) is 5.51. The van der Waals surface area contributed by atoms with Gasteiger partial charge >= 0.3 is 0 Å². The van der Waals surface area contributed by atoms with Crippen molar-refractivity contribution in [2.75, 3.05) is 26.9 Å². The third-order valence-electron chi connectivity index (χ3n) is 5.64. The fourth-order valence-electron chi connectivity index (χ4n) is 4.33. The van der Waals surface area contributed by atoms with Crippen LogP contribution in [0.4, 0.5) is 0 Å². The Bertz CT molecular complexity index is 728. The van der Waals surface area contributed by atoms with Crippen LogP contribution in [0.15, 0.2) is 42.5 Å². The summed E-state index contributed by atoms with van der Waals surface area (Å²) in [6.07, 6.45) is 5.63. The largest absolute Gasteiger partial charge is 0.497 e. The molecule has 2 fully saturated rings. The zero-order valence-electron chi connectivity index (χ0n) is 15.6. The molecule has 4 heteroatoms. The van der Waals surface area contributed by atoms with Crippen molar-refractivity contribution >= 4 is 0 Å². The van der Waals surface area contributed by atoms with Crippen LogP contribution < -0.4 is 4.74 Å². The van der Waals surface area contributed by atoms with Gasteiger partial charge in [0.1, 0.15) is 5.75 Å². The van der Waals surface area contributed by atoms with Crippen molar-refractivity contribution in [1.29, 1.82) is 0 Å². The number of nitrogens with zero attached hydrogens (tertiary/aromatic N) is 2. The van der Waals surface area contributed by atoms with Crippen LogP contribution in [0.1, 0.15) is 48.7 Å². The molecule has 4 rings (SSSR count). The molecular weight excluding hydrogens is 324 g/mol. The van der Waals surface area contributed by atoms with Crippen molar-refractivity contribution < 1.29 is 9.47 Å². The van der Waals surface area contributed by atoms with E-state index in [1.165, 1.54) is 30.6 Å². The van der Waals surface area contributed by atoms with Crippen LogP contribution >= 0.6 is 0 Å². The Morgan fingerprint density at radius 3 is 2.81 bits per heavy atom. The lowest BCUT2D eigenvalue weighted by atomic mass is 10.0. The zero-order chi connectivity index (χ0) is 17.8. The molecule has 2 aromatic rings. The van der Waals surface area contributed by atoms with E-state index in [1.807, 2.05) is 12.1 Å². The van der Waals surface area contributed by atoms with Crippen molar-refractivity contribution in [3.05, 3.63) is 59.4 Å². The summed E-state index contributed by atoms with van der Waals surface area (Å²) >= 11 is 0. The van der Waals surface area contributed by atoms with Gasteiger partial charge in [0.25, 0.3) is 0 Å². The van der Waals surface area contributed by atoms with E-state index < -0.39 is 0 Å². The number of pyridine rings is 1. The summed E-state index contributed by atoms with van der Waals surface area (Å²) < 4.78 is 10.9. The molecular formula is C22H28N2O2. The maximum absolute atomic E-state index is 5.55. The summed E-state index contributed by atoms with van der Waals surface area (Å²) in [5, 5.41) is 0. The second-order valence-corrected chi connectivity index (χ2v) is 7.32. The quantitative estimate of drug-likeness (QED) is 0.815. The van der Waals surface area contributed by atoms with Crippen LogP contribution in [-0.4, -0.2) is 42.8 Å². The van der Waals surface area contributed by atoms with Gasteiger partial charge in [0, 0.05) is 31.4 Å². The predicted octanol–water partition coefficient (Wildman–Crippen LogP) is 4.00. The molecule has 0 N–H and O–H groups in total. The maximum Gasteiger partial charge on any atom is 0.119 e. The Morgan fingerprint density at radius 1 is 1.12 bits per heavy atom. The summed E-state index contributed by atoms with van der Waals surface area (Å²) in [6.45, 7) is 2.99. The van der Waals surface area contributed by atoms with E-state index in [9.17, 15) is 0 Å². The smallest absolute Gasteiger partial charge is 0.119 e. The summed E-state index contributed by atoms with van der Waals surface area (Å²) in [6, 6.07) is 15.9. The van der Waals surface area contributed by atoms with Crippen LogP contribution in [-0.2, 0) is 11.2 Å². The highest BCUT2D eigenvalue weighted by molar-refractivity contribution is 5.31. The molecule has 0 aliphatic carbocycles. The third-order valence-corrected chi connectivity index (χ3v) is 5.64. The van der Waals surface area contributed by atoms with E-state index in [2.05, 4.69) is 35.2 Å². The number of hydrogen-bond acceptors (Lipinski definition) is 4. The number of ether oxygens (including phenoxy) is 2. The highest BCUT2D eigenvalue weighted by Gasteiger charge is 2.33. The Morgan fingerprint density at radius 2 is 1.96 bits per heavy atom. The lowest BCUT2D eigenvalue weighted by molar-refractivity contribution is 0.0285. The molecule has 0 radical (unpaired) electrons. The van der Waals surface area contributed by atoms with E-state index in [4.69, 9.17) is 14.5 Å². The van der Waals surface area contributed by atoms with E-state index in [-0.39, 0.29) is 0 Å². The van der Waals surface area contributed by atoms with Crippen LogP contribution in [0.2, 0.25) is 0 Å². The monoisotopic (exact) mass is 352 g/mol. The van der Waals surface area contributed by atoms with Gasteiger partial charge in [0.2, 0.25) is 0 Å². The molecule has 4 nitrogen and oxygen atoms in total. The van der Waals surface area contributed by atoms with E-state index in [0.717, 1.165) is 43.9 Å². The van der Waals surface area contributed by atoms with E-state index in [1.54, 1.807) is 7.11 Å². The molecule has 138 valence electrons. The van der Waals surface area contributed by atoms with Crippen molar-refractivity contribution in [2.24, 2.45) is 0 Å². The lowest BCUT2D eigenvalue weighted by Crippen LogP contribution is -2.39. The van der Waals surface area contributed by atoms with Crippen molar-refractivity contribution in [3.8, 4) is 5.75 Å². The summed E-state index contributed by atoms with van der Waals surface area (Å²) in [5.41, 5.74) is 3.60. The standard InChI is InChI=1S/C22H28N2O2/c1-25-20-7-2-5-17(16-20)15-18-6-3-8-21(23-18)22-9-4-12-24(22)19-10-13-26-14-11-19/h2-3,5-8,16,19,22H,4,9-15H2,1H3/t22-/m1/s1. The minimum atomic E-state index is 0.461. The van der Waals surface area contributed by atoms with E-state index in [0.29, 0.717) is 12.1 Å². The van der Waals surface area contributed by atoms with Gasteiger partial charge in [-0.15, -0.1) is 0 Å². The number of methoxy groups -OCH3 is 1. The first-order valence-corrected chi connectivity index (χ1v) is 9.76. The fraction of sp³-hybridized carbons (Fsp3) is 0.500. The van der Waals surface area contributed by atoms with Crippen molar-refractivity contribution in [3.63, 3.8) is 0 Å². The van der Waals surface area contributed by atoms with Gasteiger partial charge in [-0.1, -0.05) is 18.2 Å². The zero-order valence-corrected chi connectivity index (χ0v) is 15.6. The number of benzene rings is 1. The molecule has 1 atom stereocenters. The molecule has 2 aliphatic rings. The molecule has 0 bridgehead atoms. The molecule has 3 heterocycles. The highest BCUT2D eigenvalue weighted by Crippen LogP contribution is 2.35. The highest BCUT2D eigenvalue weighted by atomic mass is 16.5. The Hall–Kier alpha value is -1.91. The van der Waals surface area contributed by atoms with Gasteiger partial charge in [-0.2, -0.15) is 0 Å². The Labute approximate surface area is 156 Å². The van der Waals surface area contributed by atoms with Crippen LogP contribution in [0.5, 0.6) is 5.75 Å². The molecule has 1 aromatic heterocycles. The second-order valence-electron chi connectivity index (χ2n) is 7.32. The van der Waals surface area contributed by atoms with Crippen molar-refractivity contribution in [1.82, 2.24) is 9.88 Å². The van der Waals surface area contributed by atoms with E-state index >= 15 is 0 Å². The summed E-state index contributed by atoms with van der Waals surface area (Å²) in [4.78, 5) is 7.72. The van der Waals surface area contributed by atoms with Crippen molar-refractivity contribution in [2.45, 2.75) is 44.2 Å². The number of aromatic nitrogens is 1. The first kappa shape index (κ1) is 17.5. The summed E-state index contributed by atoms with van der Waals surface area (Å²) in [5.74, 6) is 0.903. The number of rotatable bonds is 5. The summed E-state index contributed by atoms with van der Waals surface area (Å²) in [7, 11) is 1.71. The molecule has 2 saturated heterocycles. The third kappa shape index (κ3) is 3.92. The minimum Gasteiger partial charge on any atom is -0.497 e. The van der Waals surface area contributed by atoms with Crippen LogP contribution in [0.3, 0.4) is 0 Å². The maximum atomic E-state index is 5.55. The average Bonchev–Trinajstić information content (AvgIpc) is 3.19. The molecule has 0 amide bonds. The van der Waals surface area contributed by atoms with Crippen LogP contribution in [0.25, 0.3) is 0 Å². The van der Waals surface area contributed by atoms with Gasteiger partial charge in [-0.05, 0) is 62.1 Å². The van der Waals surface area contributed by atoms with Gasteiger partial charge in [-0.3, -0.25) is 9.88 Å². The van der Waals surface area contributed by atoms with Gasteiger partial charge < -0.3 is 9.47 Å². The van der Waals surface area contributed by atoms with Gasteiger partial charge in [0.15, 0.2) is 0 Å². The molecule has 2 aliphatic heterocycles. The molecule has 0 unspecified atom stereocenters. The molecule has 1 aromatic carbocycles. The SMILES string of the molecule is COc1cccc(Cc2cccc([C@H]3CCCN3C3CCOCC3)n2)c1. The average molecular weight is 352 g/mol.